The molecule has 3 N–H and O–H groups in total. The summed E-state index contributed by atoms with van der Waals surface area (Å²) in [7, 11) is 1.38. The van der Waals surface area contributed by atoms with Gasteiger partial charge in [0.1, 0.15) is 24.1 Å². The molecule has 2 amide bonds. The summed E-state index contributed by atoms with van der Waals surface area (Å²) in [5.41, 5.74) is 3.37. The minimum atomic E-state index is -1.46. The lowest BCUT2D eigenvalue weighted by molar-refractivity contribution is -0.256. The first-order valence-electron chi connectivity index (χ1n) is 20.3. The Morgan fingerprint density at radius 2 is 1.81 bits per heavy atom. The number of allylic oxidation sites excluding steroid dienone is 1. The van der Waals surface area contributed by atoms with Crippen LogP contribution in [0.2, 0.25) is 0 Å². The number of amides is 2. The Morgan fingerprint density at radius 1 is 1.04 bits per heavy atom. The molecule has 0 bridgehead atoms. The summed E-state index contributed by atoms with van der Waals surface area (Å²) in [5, 5.41) is 29.2. The molecule has 0 spiro atoms. The van der Waals surface area contributed by atoms with Crippen LogP contribution in [0.1, 0.15) is 75.8 Å². The van der Waals surface area contributed by atoms with Crippen molar-refractivity contribution in [3.63, 3.8) is 0 Å². The molecule has 6 atom stereocenters. The molecule has 0 saturated heterocycles. The standard InChI is InChI=1S/C45H57N3O9/c1-5-25-54-45-40(48(44(52)53-4)29-32-18-14-17-30-15-8-9-19-34(30)32)28-38(47-55-7-3)36-26-31(16-10-12-23-49)35(20-11-13-24-50)41(42(36)45)37-27-33(21-22-39(37)57-45)56-43(51)46-6-2/h5,8-9,14-15,17-19,21-22,26-27,31,35,40-42,49-50H,1,6-7,10-13,16,20,23-25,28-29H2,2-4H3,(H,46,51)/t31-,35+,40-,41+,42+,45+/m0/s1. The molecular formula is C45H57N3O9. The normalized spacial score (nSPS) is 24.1. The molecule has 3 aromatic carbocycles. The summed E-state index contributed by atoms with van der Waals surface area (Å²) in [4.78, 5) is 34.5. The van der Waals surface area contributed by atoms with E-state index in [0.29, 0.717) is 43.2 Å². The highest BCUT2D eigenvalue weighted by molar-refractivity contribution is 6.03. The molecule has 1 saturated carbocycles. The Morgan fingerprint density at radius 3 is 2.54 bits per heavy atom. The van der Waals surface area contributed by atoms with Crippen LogP contribution in [0.25, 0.3) is 10.8 Å². The fraction of sp³-hybridized carbons (Fsp3) is 0.489. The highest BCUT2D eigenvalue weighted by Crippen LogP contribution is 2.62. The van der Waals surface area contributed by atoms with Crippen LogP contribution >= 0.6 is 0 Å². The predicted molar refractivity (Wildman–Crippen MR) is 218 cm³/mol. The van der Waals surface area contributed by atoms with Crippen LogP contribution in [-0.4, -0.2) is 84.9 Å². The van der Waals surface area contributed by atoms with Crippen molar-refractivity contribution in [3.8, 4) is 11.5 Å². The Kier molecular flexibility index (Phi) is 14.3. The molecule has 57 heavy (non-hydrogen) atoms. The van der Waals surface area contributed by atoms with Gasteiger partial charge in [-0.1, -0.05) is 72.6 Å². The number of fused-ring (bicyclic) bond motifs is 3. The summed E-state index contributed by atoms with van der Waals surface area (Å²) in [6.45, 7) is 8.95. The number of methoxy groups -OCH3 is 1. The number of hydrogen-bond donors (Lipinski definition) is 3. The summed E-state index contributed by atoms with van der Waals surface area (Å²) in [6.07, 6.45) is 7.56. The van der Waals surface area contributed by atoms with Crippen molar-refractivity contribution in [2.75, 3.05) is 40.1 Å². The largest absolute Gasteiger partial charge is 0.459 e. The molecule has 2 aliphatic carbocycles. The van der Waals surface area contributed by atoms with Crippen LogP contribution in [0, 0.1) is 17.8 Å². The van der Waals surface area contributed by atoms with E-state index in [1.54, 1.807) is 17.0 Å². The minimum Gasteiger partial charge on any atom is -0.459 e. The molecule has 12 heteroatoms. The quantitative estimate of drug-likeness (QED) is 0.0666. The molecule has 3 aliphatic rings. The van der Waals surface area contributed by atoms with Crippen LogP contribution in [0.4, 0.5) is 9.59 Å². The lowest BCUT2D eigenvalue weighted by atomic mass is 9.55. The van der Waals surface area contributed by atoms with Crippen LogP contribution in [0.15, 0.2) is 90.1 Å². The van der Waals surface area contributed by atoms with Gasteiger partial charge < -0.3 is 39.3 Å². The molecule has 3 aromatic rings. The van der Waals surface area contributed by atoms with Crippen molar-refractivity contribution in [2.45, 2.75) is 83.1 Å². The lowest BCUT2D eigenvalue weighted by Crippen LogP contribution is -2.70. The second-order valence-electron chi connectivity index (χ2n) is 14.8. The fourth-order valence-electron chi connectivity index (χ4n) is 9.17. The average molecular weight is 784 g/mol. The van der Waals surface area contributed by atoms with Crippen molar-refractivity contribution in [1.82, 2.24) is 10.2 Å². The van der Waals surface area contributed by atoms with Gasteiger partial charge in [0.15, 0.2) is 0 Å². The van der Waals surface area contributed by atoms with Gasteiger partial charge in [-0.25, -0.2) is 9.59 Å². The van der Waals surface area contributed by atoms with Crippen molar-refractivity contribution >= 4 is 28.7 Å². The summed E-state index contributed by atoms with van der Waals surface area (Å²) in [5.74, 6) is -1.28. The van der Waals surface area contributed by atoms with Gasteiger partial charge in [0.2, 0.25) is 5.79 Å². The second kappa shape index (κ2) is 19.5. The maximum atomic E-state index is 14.3. The maximum absolute atomic E-state index is 14.3. The molecular weight excluding hydrogens is 727 g/mol. The second-order valence-corrected chi connectivity index (χ2v) is 14.8. The maximum Gasteiger partial charge on any atom is 0.412 e. The van der Waals surface area contributed by atoms with E-state index in [1.807, 2.05) is 68.4 Å². The highest BCUT2D eigenvalue weighted by atomic mass is 16.7. The van der Waals surface area contributed by atoms with Gasteiger partial charge in [0, 0.05) is 37.7 Å². The van der Waals surface area contributed by atoms with Crippen molar-refractivity contribution < 1.29 is 43.6 Å². The van der Waals surface area contributed by atoms with Gasteiger partial charge in [0.25, 0.3) is 0 Å². The van der Waals surface area contributed by atoms with Gasteiger partial charge in [-0.15, -0.1) is 6.58 Å². The highest BCUT2D eigenvalue weighted by Gasteiger charge is 2.65. The molecule has 0 radical (unpaired) electrons. The number of carbonyl (C=O) groups is 2. The van der Waals surface area contributed by atoms with E-state index in [9.17, 15) is 19.8 Å². The van der Waals surface area contributed by atoms with Crippen LogP contribution in [0.5, 0.6) is 11.5 Å². The van der Waals surface area contributed by atoms with Crippen molar-refractivity contribution in [3.05, 3.63) is 96.1 Å². The van der Waals surface area contributed by atoms with E-state index in [4.69, 9.17) is 28.9 Å². The van der Waals surface area contributed by atoms with Crippen LogP contribution < -0.4 is 14.8 Å². The first kappa shape index (κ1) is 41.7. The van der Waals surface area contributed by atoms with Crippen molar-refractivity contribution in [1.29, 1.82) is 0 Å². The number of rotatable bonds is 18. The Hall–Kier alpha value is -4.91. The smallest absolute Gasteiger partial charge is 0.412 e. The average Bonchev–Trinajstić information content (AvgIpc) is 3.22. The molecule has 6 rings (SSSR count). The Balaban J connectivity index is 1.61. The first-order chi connectivity index (χ1) is 27.8. The fourth-order valence-corrected chi connectivity index (χ4v) is 9.17. The number of nitrogens with one attached hydrogen (secondary N) is 1. The lowest BCUT2D eigenvalue weighted by Gasteiger charge is -2.59. The molecule has 0 aromatic heterocycles. The van der Waals surface area contributed by atoms with Gasteiger partial charge >= 0.3 is 12.2 Å². The van der Waals surface area contributed by atoms with E-state index >= 15 is 0 Å². The van der Waals surface area contributed by atoms with Gasteiger partial charge in [-0.3, -0.25) is 4.90 Å². The Labute approximate surface area is 335 Å². The van der Waals surface area contributed by atoms with Gasteiger partial charge in [-0.2, -0.15) is 0 Å². The van der Waals surface area contributed by atoms with Crippen molar-refractivity contribution in [2.24, 2.45) is 22.9 Å². The molecule has 306 valence electrons. The van der Waals surface area contributed by atoms with Crippen LogP contribution in [-0.2, 0) is 20.9 Å². The number of ether oxygens (including phenoxy) is 4. The van der Waals surface area contributed by atoms with E-state index in [0.717, 1.165) is 53.2 Å². The SMILES string of the molecule is C=CCO[C@@]12Oc3ccc(OC(=O)NCC)cc3[C@H]3[C@H](CCCCO)[C@@H](CCCCO)C=C(C(=NOCC)C[C@@H]1N(Cc1cccc4ccccc14)C(=O)OC)[C@H]32. The summed E-state index contributed by atoms with van der Waals surface area (Å²) in [6, 6.07) is 18.8. The molecule has 0 unspecified atom stereocenters. The number of unbranched alkanes of at least 4 members (excludes halogenated alkanes) is 2. The Bertz CT molecular complexity index is 1930. The third-order valence-corrected chi connectivity index (χ3v) is 11.5. The minimum absolute atomic E-state index is 0.00908. The van der Waals surface area contributed by atoms with Gasteiger partial charge in [-0.05, 0) is 91.5 Å². The molecule has 1 heterocycles. The van der Waals surface area contributed by atoms with E-state index < -0.39 is 29.9 Å². The third-order valence-electron chi connectivity index (χ3n) is 11.5. The molecule has 1 fully saturated rings. The number of carbonyl (C=O) groups excluding carboxylic acids is 2. The molecule has 12 nitrogen and oxygen atoms in total. The number of nitrogens with zero attached hydrogens (tertiary/aromatic N) is 2. The number of aliphatic hydroxyl groups is 2. The zero-order valence-corrected chi connectivity index (χ0v) is 33.4. The zero-order valence-electron chi connectivity index (χ0n) is 33.4. The first-order valence-corrected chi connectivity index (χ1v) is 20.3. The summed E-state index contributed by atoms with van der Waals surface area (Å²) >= 11 is 0. The predicted octanol–water partition coefficient (Wildman–Crippen LogP) is 7.87. The van der Waals surface area contributed by atoms with E-state index in [2.05, 4.69) is 18.0 Å². The van der Waals surface area contributed by atoms with E-state index in [1.165, 1.54) is 7.11 Å². The number of oxime groups is 1. The van der Waals surface area contributed by atoms with Crippen LogP contribution in [0.3, 0.4) is 0 Å². The molecule has 1 aliphatic heterocycles. The third kappa shape index (κ3) is 8.83. The van der Waals surface area contributed by atoms with E-state index in [-0.39, 0.29) is 50.5 Å². The zero-order chi connectivity index (χ0) is 40.4. The number of aliphatic hydroxyl groups excluding tert-OH is 2. The van der Waals surface area contributed by atoms with Gasteiger partial charge in [0.05, 0.1) is 31.9 Å². The monoisotopic (exact) mass is 783 g/mol. The summed E-state index contributed by atoms with van der Waals surface area (Å²) < 4.78 is 25.6. The number of benzene rings is 3. The number of hydrogen-bond acceptors (Lipinski definition) is 10. The topological polar surface area (TPSA) is 148 Å².